The zero-order valence-electron chi connectivity index (χ0n) is 9.89. The molecule has 0 bridgehead atoms. The highest BCUT2D eigenvalue weighted by Crippen LogP contribution is 2.20. The van der Waals surface area contributed by atoms with E-state index in [1.165, 1.54) is 0 Å². The van der Waals surface area contributed by atoms with Crippen LogP contribution in [0.2, 0.25) is 0 Å². The quantitative estimate of drug-likeness (QED) is 0.683. The van der Waals surface area contributed by atoms with Crippen molar-refractivity contribution < 1.29 is 4.79 Å². The summed E-state index contributed by atoms with van der Waals surface area (Å²) in [7, 11) is 0. The average molecular weight is 200 g/mol. The van der Waals surface area contributed by atoms with E-state index in [2.05, 4.69) is 26.1 Å². The molecule has 0 aliphatic carbocycles. The summed E-state index contributed by atoms with van der Waals surface area (Å²) in [6.45, 7) is 9.51. The van der Waals surface area contributed by atoms with Crippen molar-refractivity contribution >= 4 is 5.91 Å². The first-order chi connectivity index (χ1) is 6.43. The summed E-state index contributed by atoms with van der Waals surface area (Å²) < 4.78 is 0. The molecule has 1 unspecified atom stereocenters. The second-order valence-electron chi connectivity index (χ2n) is 4.77. The van der Waals surface area contributed by atoms with Gasteiger partial charge in [-0.25, -0.2) is 0 Å². The third-order valence-electron chi connectivity index (χ3n) is 2.47. The minimum atomic E-state index is -0.0765. The molecule has 0 saturated carbocycles. The lowest BCUT2D eigenvalue weighted by atomic mass is 9.88. The molecule has 3 nitrogen and oxygen atoms in total. The van der Waals surface area contributed by atoms with E-state index in [1.807, 2.05) is 6.92 Å². The molecule has 84 valence electrons. The lowest BCUT2D eigenvalue weighted by Gasteiger charge is -2.25. The van der Waals surface area contributed by atoms with E-state index in [1.54, 1.807) is 0 Å². The number of carbonyl (C=O) groups is 1. The number of carbonyl (C=O) groups excluding carboxylic acids is 1. The van der Waals surface area contributed by atoms with Crippen LogP contribution in [0.15, 0.2) is 0 Å². The van der Waals surface area contributed by atoms with Crippen LogP contribution in [-0.2, 0) is 4.79 Å². The predicted octanol–water partition coefficient (Wildman–Crippen LogP) is 1.52. The molecule has 0 saturated heterocycles. The molecular formula is C11H24N2O. The number of nitrogens with two attached hydrogens (primary N) is 1. The van der Waals surface area contributed by atoms with Gasteiger partial charge in [-0.2, -0.15) is 0 Å². The lowest BCUT2D eigenvalue weighted by molar-refractivity contribution is -0.124. The molecule has 14 heavy (non-hydrogen) atoms. The maximum atomic E-state index is 11.4. The van der Waals surface area contributed by atoms with Crippen LogP contribution in [0, 0.1) is 11.3 Å². The molecular weight excluding hydrogens is 176 g/mol. The highest BCUT2D eigenvalue weighted by Gasteiger charge is 2.19. The molecule has 0 aromatic heterocycles. The molecule has 0 aromatic carbocycles. The Kier molecular flexibility index (Phi) is 5.77. The maximum Gasteiger partial charge on any atom is 0.224 e. The van der Waals surface area contributed by atoms with Crippen LogP contribution in [0.5, 0.6) is 0 Å². The molecule has 0 spiro atoms. The van der Waals surface area contributed by atoms with E-state index in [-0.39, 0.29) is 17.2 Å². The van der Waals surface area contributed by atoms with Gasteiger partial charge in [0, 0.05) is 19.0 Å². The molecule has 0 aliphatic heterocycles. The lowest BCUT2D eigenvalue weighted by Crippen LogP contribution is -2.38. The van der Waals surface area contributed by atoms with E-state index >= 15 is 0 Å². The molecule has 0 radical (unpaired) electrons. The van der Waals surface area contributed by atoms with Crippen molar-refractivity contribution in [1.29, 1.82) is 0 Å². The van der Waals surface area contributed by atoms with Gasteiger partial charge in [0.05, 0.1) is 0 Å². The zero-order chi connectivity index (χ0) is 11.2. The molecule has 1 amide bonds. The summed E-state index contributed by atoms with van der Waals surface area (Å²) in [5.41, 5.74) is 5.60. The van der Waals surface area contributed by atoms with Gasteiger partial charge in [0.15, 0.2) is 0 Å². The Hall–Kier alpha value is -0.570. The van der Waals surface area contributed by atoms with Gasteiger partial charge in [0.1, 0.15) is 0 Å². The number of hydrogen-bond acceptors (Lipinski definition) is 2. The Bertz CT molecular complexity index is 178. The van der Waals surface area contributed by atoms with Crippen molar-refractivity contribution in [1.82, 2.24) is 5.32 Å². The highest BCUT2D eigenvalue weighted by molar-refractivity contribution is 5.78. The minimum absolute atomic E-state index is 0.0664. The van der Waals surface area contributed by atoms with E-state index < -0.39 is 0 Å². The first-order valence-electron chi connectivity index (χ1n) is 5.40. The van der Waals surface area contributed by atoms with E-state index in [9.17, 15) is 4.79 Å². The fraction of sp³-hybridized carbons (Fsp3) is 0.909. The van der Waals surface area contributed by atoms with E-state index in [0.29, 0.717) is 6.54 Å². The van der Waals surface area contributed by atoms with Crippen molar-refractivity contribution in [2.45, 2.75) is 40.5 Å². The Balaban J connectivity index is 3.87. The van der Waals surface area contributed by atoms with Gasteiger partial charge in [-0.05, 0) is 11.8 Å². The third-order valence-corrected chi connectivity index (χ3v) is 2.47. The van der Waals surface area contributed by atoms with Crippen LogP contribution < -0.4 is 11.1 Å². The summed E-state index contributed by atoms with van der Waals surface area (Å²) in [5.74, 6) is -0.0101. The molecule has 0 heterocycles. The molecule has 1 atom stereocenters. The van der Waals surface area contributed by atoms with Crippen molar-refractivity contribution in [2.75, 3.05) is 13.1 Å². The Morgan fingerprint density at radius 2 is 2.07 bits per heavy atom. The summed E-state index contributed by atoms with van der Waals surface area (Å²) in [6, 6.07) is 0. The first-order valence-corrected chi connectivity index (χ1v) is 5.40. The normalized spacial score (nSPS) is 13.8. The average Bonchev–Trinajstić information content (AvgIpc) is 2.13. The summed E-state index contributed by atoms with van der Waals surface area (Å²) in [4.78, 5) is 11.4. The fourth-order valence-corrected chi connectivity index (χ4v) is 1.37. The van der Waals surface area contributed by atoms with Crippen LogP contribution in [0.25, 0.3) is 0 Å². The Morgan fingerprint density at radius 3 is 2.50 bits per heavy atom. The zero-order valence-corrected chi connectivity index (χ0v) is 9.89. The van der Waals surface area contributed by atoms with Gasteiger partial charge in [-0.15, -0.1) is 0 Å². The van der Waals surface area contributed by atoms with Crippen LogP contribution in [-0.4, -0.2) is 19.0 Å². The Morgan fingerprint density at radius 1 is 1.50 bits per heavy atom. The number of hydrogen-bond donors (Lipinski definition) is 2. The number of rotatable bonds is 6. The van der Waals surface area contributed by atoms with E-state index in [4.69, 9.17) is 5.73 Å². The maximum absolute atomic E-state index is 11.4. The SMILES string of the molecule is CCCC(C)(C)CNC(=O)C(C)CN. The monoisotopic (exact) mass is 200 g/mol. The van der Waals surface area contributed by atoms with Gasteiger partial charge in [-0.3, -0.25) is 4.79 Å². The molecule has 0 aliphatic rings. The summed E-state index contributed by atoms with van der Waals surface area (Å²) >= 11 is 0. The number of amides is 1. The van der Waals surface area contributed by atoms with Crippen LogP contribution >= 0.6 is 0 Å². The van der Waals surface area contributed by atoms with Gasteiger partial charge in [0.2, 0.25) is 5.91 Å². The Labute approximate surface area is 87.4 Å². The standard InChI is InChI=1S/C11H24N2O/c1-5-6-11(3,4)8-13-10(14)9(2)7-12/h9H,5-8,12H2,1-4H3,(H,13,14). The van der Waals surface area contributed by atoms with Gasteiger partial charge in [0.25, 0.3) is 0 Å². The summed E-state index contributed by atoms with van der Waals surface area (Å²) in [6.07, 6.45) is 2.28. The van der Waals surface area contributed by atoms with Crippen molar-refractivity contribution in [3.8, 4) is 0 Å². The molecule has 0 fully saturated rings. The smallest absolute Gasteiger partial charge is 0.224 e. The van der Waals surface area contributed by atoms with Crippen molar-refractivity contribution in [3.63, 3.8) is 0 Å². The fourth-order valence-electron chi connectivity index (χ4n) is 1.37. The third kappa shape index (κ3) is 5.22. The van der Waals surface area contributed by atoms with Gasteiger partial charge in [-0.1, -0.05) is 34.1 Å². The van der Waals surface area contributed by atoms with Crippen LogP contribution in [0.4, 0.5) is 0 Å². The molecule has 3 N–H and O–H groups in total. The van der Waals surface area contributed by atoms with Crippen LogP contribution in [0.1, 0.15) is 40.5 Å². The summed E-state index contributed by atoms with van der Waals surface area (Å²) in [5, 5.41) is 2.94. The predicted molar refractivity (Wildman–Crippen MR) is 59.9 cm³/mol. The first kappa shape index (κ1) is 13.4. The molecule has 0 aromatic rings. The molecule has 3 heteroatoms. The number of nitrogens with one attached hydrogen (secondary N) is 1. The van der Waals surface area contributed by atoms with E-state index in [0.717, 1.165) is 19.4 Å². The van der Waals surface area contributed by atoms with Gasteiger partial charge < -0.3 is 11.1 Å². The minimum Gasteiger partial charge on any atom is -0.355 e. The highest BCUT2D eigenvalue weighted by atomic mass is 16.1. The van der Waals surface area contributed by atoms with Crippen LogP contribution in [0.3, 0.4) is 0 Å². The van der Waals surface area contributed by atoms with Crippen molar-refractivity contribution in [2.24, 2.45) is 17.1 Å². The second kappa shape index (κ2) is 6.02. The molecule has 0 rings (SSSR count). The largest absolute Gasteiger partial charge is 0.355 e. The second-order valence-corrected chi connectivity index (χ2v) is 4.77. The topological polar surface area (TPSA) is 55.1 Å². The van der Waals surface area contributed by atoms with Gasteiger partial charge >= 0.3 is 0 Å². The van der Waals surface area contributed by atoms with Crippen molar-refractivity contribution in [3.05, 3.63) is 0 Å².